The van der Waals surface area contributed by atoms with Crippen LogP contribution in [0.2, 0.25) is 5.02 Å². The van der Waals surface area contributed by atoms with Gasteiger partial charge in [-0.2, -0.15) is 0 Å². The Hall–Kier alpha value is -0.640. The van der Waals surface area contributed by atoms with E-state index in [2.05, 4.69) is 23.5 Å². The molecule has 4 heteroatoms. The number of thioether (sulfide) groups is 1. The van der Waals surface area contributed by atoms with Gasteiger partial charge in [0.1, 0.15) is 6.10 Å². The zero-order valence-electron chi connectivity index (χ0n) is 10.8. The zero-order chi connectivity index (χ0) is 13.1. The summed E-state index contributed by atoms with van der Waals surface area (Å²) in [5.41, 5.74) is 1.34. The van der Waals surface area contributed by atoms with Crippen molar-refractivity contribution in [1.82, 2.24) is 5.32 Å². The Morgan fingerprint density at radius 1 is 1.37 bits per heavy atom. The molecule has 102 valence electrons. The molecule has 0 aromatic heterocycles. The zero-order valence-corrected chi connectivity index (χ0v) is 12.3. The molecule has 1 N–H and O–H groups in total. The van der Waals surface area contributed by atoms with Gasteiger partial charge in [0, 0.05) is 22.5 Å². The Balaban J connectivity index is 1.66. The van der Waals surface area contributed by atoms with Gasteiger partial charge in [-0.05, 0) is 54.9 Å². The van der Waals surface area contributed by atoms with Crippen LogP contribution in [0.15, 0.2) is 35.4 Å². The van der Waals surface area contributed by atoms with Crippen molar-refractivity contribution in [3.8, 4) is 0 Å². The minimum atomic E-state index is 0.308. The molecule has 2 nitrogen and oxygen atoms in total. The SMILES string of the molecule is Clc1ccc2c(c1)C(NCC1CCC=CO1)CCS2. The largest absolute Gasteiger partial charge is 0.497 e. The average molecular weight is 296 g/mol. The molecule has 0 bridgehead atoms. The lowest BCUT2D eigenvalue weighted by Gasteiger charge is -2.28. The Labute approximate surface area is 123 Å². The number of halogens is 1. The van der Waals surface area contributed by atoms with Gasteiger partial charge in [-0.15, -0.1) is 11.8 Å². The van der Waals surface area contributed by atoms with Gasteiger partial charge in [-0.1, -0.05) is 11.6 Å². The summed E-state index contributed by atoms with van der Waals surface area (Å²) in [6.45, 7) is 0.908. The van der Waals surface area contributed by atoms with Crippen molar-refractivity contribution in [2.45, 2.75) is 36.3 Å². The van der Waals surface area contributed by atoms with Crippen molar-refractivity contribution in [3.05, 3.63) is 41.1 Å². The lowest BCUT2D eigenvalue weighted by Crippen LogP contribution is -2.33. The topological polar surface area (TPSA) is 21.3 Å². The molecule has 0 radical (unpaired) electrons. The number of fused-ring (bicyclic) bond motifs is 1. The summed E-state index contributed by atoms with van der Waals surface area (Å²) < 4.78 is 5.61. The van der Waals surface area contributed by atoms with E-state index in [4.69, 9.17) is 16.3 Å². The molecule has 1 aromatic rings. The Kier molecular flexibility index (Phi) is 4.36. The van der Waals surface area contributed by atoms with E-state index in [-0.39, 0.29) is 0 Å². The number of benzene rings is 1. The minimum absolute atomic E-state index is 0.308. The van der Waals surface area contributed by atoms with Crippen molar-refractivity contribution >= 4 is 23.4 Å². The molecule has 2 heterocycles. The van der Waals surface area contributed by atoms with Crippen LogP contribution in [0, 0.1) is 0 Å². The molecule has 2 unspecified atom stereocenters. The maximum atomic E-state index is 6.12. The number of hydrogen-bond donors (Lipinski definition) is 1. The first-order valence-corrected chi connectivity index (χ1v) is 8.15. The first kappa shape index (κ1) is 13.3. The van der Waals surface area contributed by atoms with Gasteiger partial charge < -0.3 is 10.1 Å². The number of ether oxygens (including phenoxy) is 1. The second kappa shape index (κ2) is 6.21. The van der Waals surface area contributed by atoms with E-state index in [0.29, 0.717) is 12.1 Å². The van der Waals surface area contributed by atoms with Crippen molar-refractivity contribution in [2.75, 3.05) is 12.3 Å². The van der Waals surface area contributed by atoms with Crippen LogP contribution in [0.1, 0.15) is 30.9 Å². The molecule has 1 aromatic carbocycles. The molecular formula is C15H18ClNOS. The Morgan fingerprint density at radius 3 is 3.16 bits per heavy atom. The molecule has 2 atom stereocenters. The van der Waals surface area contributed by atoms with Crippen LogP contribution < -0.4 is 5.32 Å². The monoisotopic (exact) mass is 295 g/mol. The van der Waals surface area contributed by atoms with Gasteiger partial charge in [0.2, 0.25) is 0 Å². The van der Waals surface area contributed by atoms with Crippen LogP contribution >= 0.6 is 23.4 Å². The minimum Gasteiger partial charge on any atom is -0.497 e. The number of nitrogens with one attached hydrogen (secondary N) is 1. The second-order valence-corrected chi connectivity index (χ2v) is 6.56. The fraction of sp³-hybridized carbons (Fsp3) is 0.467. The van der Waals surface area contributed by atoms with Crippen molar-refractivity contribution in [3.63, 3.8) is 0 Å². The second-order valence-electron chi connectivity index (χ2n) is 4.99. The van der Waals surface area contributed by atoms with Crippen LogP contribution in [0.4, 0.5) is 0 Å². The lowest BCUT2D eigenvalue weighted by molar-refractivity contribution is 0.119. The molecule has 2 aliphatic heterocycles. The van der Waals surface area contributed by atoms with Gasteiger partial charge >= 0.3 is 0 Å². The van der Waals surface area contributed by atoms with Gasteiger partial charge in [0.05, 0.1) is 6.26 Å². The summed E-state index contributed by atoms with van der Waals surface area (Å²) in [5.74, 6) is 1.16. The van der Waals surface area contributed by atoms with Crippen LogP contribution in [0.25, 0.3) is 0 Å². The summed E-state index contributed by atoms with van der Waals surface area (Å²) >= 11 is 8.04. The van der Waals surface area contributed by atoms with Gasteiger partial charge in [0.15, 0.2) is 0 Å². The summed E-state index contributed by atoms with van der Waals surface area (Å²) in [6, 6.07) is 6.62. The van der Waals surface area contributed by atoms with Gasteiger partial charge in [-0.25, -0.2) is 0 Å². The molecular weight excluding hydrogens is 278 g/mol. The predicted octanol–water partition coefficient (Wildman–Crippen LogP) is 4.16. The molecule has 0 amide bonds. The summed E-state index contributed by atoms with van der Waals surface area (Å²) in [7, 11) is 0. The third-order valence-corrected chi connectivity index (χ3v) is 4.98. The fourth-order valence-electron chi connectivity index (χ4n) is 2.59. The Morgan fingerprint density at radius 2 is 2.32 bits per heavy atom. The summed E-state index contributed by atoms with van der Waals surface area (Å²) in [6.07, 6.45) is 7.60. The highest BCUT2D eigenvalue weighted by molar-refractivity contribution is 7.99. The molecule has 19 heavy (non-hydrogen) atoms. The van der Waals surface area contributed by atoms with E-state index in [1.807, 2.05) is 24.1 Å². The summed E-state index contributed by atoms with van der Waals surface area (Å²) in [4.78, 5) is 1.36. The first-order valence-electron chi connectivity index (χ1n) is 6.79. The van der Waals surface area contributed by atoms with Crippen LogP contribution in [0.3, 0.4) is 0 Å². The smallest absolute Gasteiger partial charge is 0.110 e. The molecule has 0 saturated heterocycles. The molecule has 3 rings (SSSR count). The van der Waals surface area contributed by atoms with Crippen molar-refractivity contribution in [2.24, 2.45) is 0 Å². The van der Waals surface area contributed by atoms with Crippen LogP contribution in [0.5, 0.6) is 0 Å². The Bertz CT molecular complexity index is 477. The van der Waals surface area contributed by atoms with Crippen LogP contribution in [-0.4, -0.2) is 18.4 Å². The normalized spacial score (nSPS) is 25.7. The van der Waals surface area contributed by atoms with Gasteiger partial charge in [-0.3, -0.25) is 0 Å². The van der Waals surface area contributed by atoms with Crippen molar-refractivity contribution < 1.29 is 4.74 Å². The van der Waals surface area contributed by atoms with E-state index in [1.54, 1.807) is 0 Å². The maximum absolute atomic E-state index is 6.12. The highest BCUT2D eigenvalue weighted by atomic mass is 35.5. The number of hydrogen-bond acceptors (Lipinski definition) is 3. The average Bonchev–Trinajstić information content (AvgIpc) is 2.46. The van der Waals surface area contributed by atoms with Crippen molar-refractivity contribution in [1.29, 1.82) is 0 Å². The predicted molar refractivity (Wildman–Crippen MR) is 80.8 cm³/mol. The van der Waals surface area contributed by atoms with E-state index in [1.165, 1.54) is 10.5 Å². The standard InChI is InChI=1S/C15H18ClNOS/c16-11-4-5-15-13(9-11)14(6-8-19-15)17-10-12-3-1-2-7-18-12/h2,4-5,7,9,12,14,17H,1,3,6,8,10H2. The first-order chi connectivity index (χ1) is 9.33. The van der Waals surface area contributed by atoms with E-state index >= 15 is 0 Å². The third kappa shape index (κ3) is 3.28. The highest BCUT2D eigenvalue weighted by Gasteiger charge is 2.22. The quantitative estimate of drug-likeness (QED) is 0.905. The summed E-state index contributed by atoms with van der Waals surface area (Å²) in [5, 5.41) is 4.47. The number of allylic oxidation sites excluding steroid dienone is 1. The van der Waals surface area contributed by atoms with E-state index in [9.17, 15) is 0 Å². The molecule has 0 spiro atoms. The maximum Gasteiger partial charge on any atom is 0.110 e. The molecule has 0 saturated carbocycles. The molecule has 0 fully saturated rings. The third-order valence-electron chi connectivity index (χ3n) is 3.63. The molecule has 0 aliphatic carbocycles. The fourth-order valence-corrected chi connectivity index (χ4v) is 3.87. The highest BCUT2D eigenvalue weighted by Crippen LogP contribution is 2.37. The van der Waals surface area contributed by atoms with E-state index < -0.39 is 0 Å². The lowest BCUT2D eigenvalue weighted by atomic mass is 10.0. The number of rotatable bonds is 3. The van der Waals surface area contributed by atoms with Gasteiger partial charge in [0.25, 0.3) is 0 Å². The molecule has 2 aliphatic rings. The van der Waals surface area contributed by atoms with E-state index in [0.717, 1.165) is 36.6 Å². The van der Waals surface area contributed by atoms with Crippen LogP contribution in [-0.2, 0) is 4.74 Å².